The minimum Gasteiger partial charge on any atom is -0.489 e. The average Bonchev–Trinajstić information content (AvgIpc) is 2.94. The Labute approximate surface area is 218 Å². The van der Waals surface area contributed by atoms with Gasteiger partial charge in [0.2, 0.25) is 0 Å². The van der Waals surface area contributed by atoms with Gasteiger partial charge < -0.3 is 19.7 Å². The summed E-state index contributed by atoms with van der Waals surface area (Å²) in [5.74, 6) is -2.57. The second-order valence-electron chi connectivity index (χ2n) is 9.09. The Kier molecular flexibility index (Phi) is 11.5. The van der Waals surface area contributed by atoms with Gasteiger partial charge >= 0.3 is 0 Å². The summed E-state index contributed by atoms with van der Waals surface area (Å²) in [5.41, 5.74) is 2.07. The quantitative estimate of drug-likeness (QED) is 0.160. The first kappa shape index (κ1) is 28.7. The fourth-order valence-electron chi connectivity index (χ4n) is 3.96. The zero-order valence-electron chi connectivity index (χ0n) is 21.3. The van der Waals surface area contributed by atoms with Crippen LogP contribution in [0.5, 0.6) is 5.75 Å². The van der Waals surface area contributed by atoms with Gasteiger partial charge in [-0.25, -0.2) is 0 Å². The number of benzene rings is 3. The van der Waals surface area contributed by atoms with Crippen LogP contribution >= 0.6 is 0 Å². The Balaban J connectivity index is 1.58. The number of halogens is 2. The van der Waals surface area contributed by atoms with E-state index in [2.05, 4.69) is 12.2 Å². The highest BCUT2D eigenvalue weighted by Crippen LogP contribution is 2.29. The van der Waals surface area contributed by atoms with E-state index in [0.717, 1.165) is 24.8 Å². The second-order valence-corrected chi connectivity index (χ2v) is 9.09. The molecule has 0 bridgehead atoms. The van der Waals surface area contributed by atoms with Crippen molar-refractivity contribution in [1.29, 1.82) is 0 Å². The zero-order chi connectivity index (χ0) is 26.5. The van der Waals surface area contributed by atoms with Gasteiger partial charge in [-0.2, -0.15) is 8.78 Å². The Bertz CT molecular complexity index is 1050. The van der Waals surface area contributed by atoms with E-state index in [9.17, 15) is 19.0 Å². The standard InChI is InChI=1S/C30H37F2NO4/c1-2-3-6-15-29(37-22-30(31,32)26-13-9-5-10-14-26)33-19-27(35)24-16-17-28(25(18-24)20-34)36-21-23-11-7-4-8-12-23/h4-5,7-14,16-18,27,29,33-35H,2-3,6,15,19-22H2,1H3. The van der Waals surface area contributed by atoms with Crippen LogP contribution in [0.3, 0.4) is 0 Å². The number of ether oxygens (including phenoxy) is 2. The lowest BCUT2D eigenvalue weighted by Gasteiger charge is -2.25. The fraction of sp³-hybridized carbons (Fsp3) is 0.400. The molecule has 3 rings (SSSR count). The number of unbranched alkanes of at least 4 members (excludes halogenated alkanes) is 2. The van der Waals surface area contributed by atoms with Crippen molar-refractivity contribution in [3.8, 4) is 5.75 Å². The van der Waals surface area contributed by atoms with Crippen molar-refractivity contribution in [2.75, 3.05) is 13.2 Å². The van der Waals surface area contributed by atoms with Crippen molar-refractivity contribution in [3.63, 3.8) is 0 Å². The van der Waals surface area contributed by atoms with E-state index in [1.54, 1.807) is 36.4 Å². The molecular weight excluding hydrogens is 476 g/mol. The number of nitrogens with one attached hydrogen (secondary N) is 1. The molecule has 5 nitrogen and oxygen atoms in total. The summed E-state index contributed by atoms with van der Waals surface area (Å²) in [7, 11) is 0. The predicted octanol–water partition coefficient (Wildman–Crippen LogP) is 6.10. The van der Waals surface area contributed by atoms with Crippen LogP contribution in [-0.2, 0) is 23.9 Å². The Morgan fingerprint density at radius 1 is 0.946 bits per heavy atom. The Hall–Kier alpha value is -2.84. The average molecular weight is 514 g/mol. The maximum absolute atomic E-state index is 14.6. The molecule has 0 amide bonds. The van der Waals surface area contributed by atoms with Gasteiger partial charge in [0.15, 0.2) is 0 Å². The number of hydrogen-bond acceptors (Lipinski definition) is 5. The van der Waals surface area contributed by atoms with Crippen LogP contribution in [0.1, 0.15) is 61.0 Å². The van der Waals surface area contributed by atoms with E-state index in [4.69, 9.17) is 9.47 Å². The third-order valence-corrected chi connectivity index (χ3v) is 6.15. The van der Waals surface area contributed by atoms with Gasteiger partial charge in [-0.15, -0.1) is 0 Å². The maximum atomic E-state index is 14.6. The molecule has 2 atom stereocenters. The molecule has 3 aromatic carbocycles. The molecule has 2 unspecified atom stereocenters. The van der Waals surface area contributed by atoms with E-state index in [0.29, 0.717) is 29.9 Å². The van der Waals surface area contributed by atoms with Crippen molar-refractivity contribution >= 4 is 0 Å². The highest BCUT2D eigenvalue weighted by molar-refractivity contribution is 5.38. The summed E-state index contributed by atoms with van der Waals surface area (Å²) < 4.78 is 40.7. The van der Waals surface area contributed by atoms with Gasteiger partial charge in [-0.3, -0.25) is 5.32 Å². The highest BCUT2D eigenvalue weighted by Gasteiger charge is 2.33. The molecule has 37 heavy (non-hydrogen) atoms. The number of hydrogen-bond donors (Lipinski definition) is 3. The SMILES string of the molecule is CCCCCC(NCC(O)c1ccc(OCc2ccccc2)c(CO)c1)OCC(F)(F)c1ccccc1. The Morgan fingerprint density at radius 3 is 2.32 bits per heavy atom. The van der Waals surface area contributed by atoms with Crippen molar-refractivity contribution < 1.29 is 28.5 Å². The molecule has 0 heterocycles. The molecule has 0 saturated carbocycles. The number of aliphatic hydroxyl groups excluding tert-OH is 2. The summed E-state index contributed by atoms with van der Waals surface area (Å²) >= 11 is 0. The van der Waals surface area contributed by atoms with Gasteiger partial charge in [0.1, 0.15) is 25.2 Å². The summed E-state index contributed by atoms with van der Waals surface area (Å²) in [6, 6.07) is 22.5. The van der Waals surface area contributed by atoms with Crippen LogP contribution in [-0.4, -0.2) is 29.6 Å². The lowest BCUT2D eigenvalue weighted by molar-refractivity contribution is -0.114. The van der Waals surface area contributed by atoms with Gasteiger partial charge in [0.25, 0.3) is 5.92 Å². The largest absolute Gasteiger partial charge is 0.489 e. The topological polar surface area (TPSA) is 71.0 Å². The first-order valence-corrected chi connectivity index (χ1v) is 12.8. The van der Waals surface area contributed by atoms with Crippen LogP contribution in [0.2, 0.25) is 0 Å². The maximum Gasteiger partial charge on any atom is 0.296 e. The van der Waals surface area contributed by atoms with E-state index >= 15 is 0 Å². The molecule has 0 aromatic heterocycles. The molecule has 0 aliphatic heterocycles. The van der Waals surface area contributed by atoms with E-state index in [1.165, 1.54) is 12.1 Å². The van der Waals surface area contributed by atoms with E-state index in [-0.39, 0.29) is 18.7 Å². The van der Waals surface area contributed by atoms with Crippen molar-refractivity contribution in [2.24, 2.45) is 0 Å². The van der Waals surface area contributed by atoms with Gasteiger partial charge in [0, 0.05) is 17.7 Å². The van der Waals surface area contributed by atoms with E-state index < -0.39 is 24.9 Å². The van der Waals surface area contributed by atoms with Gasteiger partial charge in [0.05, 0.1) is 12.7 Å². The van der Waals surface area contributed by atoms with Crippen molar-refractivity contribution in [3.05, 3.63) is 101 Å². The molecule has 0 aliphatic carbocycles. The van der Waals surface area contributed by atoms with Crippen LogP contribution in [0, 0.1) is 0 Å². The lowest BCUT2D eigenvalue weighted by Crippen LogP contribution is -2.37. The summed E-state index contributed by atoms with van der Waals surface area (Å²) in [6.07, 6.45) is 1.80. The summed E-state index contributed by atoms with van der Waals surface area (Å²) in [5, 5.41) is 23.7. The number of rotatable bonds is 16. The predicted molar refractivity (Wildman–Crippen MR) is 140 cm³/mol. The third kappa shape index (κ3) is 9.20. The summed E-state index contributed by atoms with van der Waals surface area (Å²) in [4.78, 5) is 0. The lowest BCUT2D eigenvalue weighted by atomic mass is 10.0. The second kappa shape index (κ2) is 14.8. The molecule has 0 aliphatic rings. The highest BCUT2D eigenvalue weighted by atomic mass is 19.3. The monoisotopic (exact) mass is 513 g/mol. The zero-order valence-corrected chi connectivity index (χ0v) is 21.3. The van der Waals surface area contributed by atoms with E-state index in [1.807, 2.05) is 30.3 Å². The van der Waals surface area contributed by atoms with Gasteiger partial charge in [-0.1, -0.05) is 86.5 Å². The van der Waals surface area contributed by atoms with Crippen LogP contribution in [0.25, 0.3) is 0 Å². The van der Waals surface area contributed by atoms with Gasteiger partial charge in [-0.05, 0) is 36.1 Å². The molecule has 200 valence electrons. The first-order chi connectivity index (χ1) is 17.9. The van der Waals surface area contributed by atoms with Crippen molar-refractivity contribution in [2.45, 2.75) is 64.1 Å². The molecular formula is C30H37F2NO4. The smallest absolute Gasteiger partial charge is 0.296 e. The summed E-state index contributed by atoms with van der Waals surface area (Å²) in [6.45, 7) is 1.56. The fourth-order valence-corrected chi connectivity index (χ4v) is 3.96. The Morgan fingerprint density at radius 2 is 1.65 bits per heavy atom. The molecule has 3 aromatic rings. The minimum absolute atomic E-state index is 0.0894. The van der Waals surface area contributed by atoms with Crippen LogP contribution in [0.15, 0.2) is 78.9 Å². The minimum atomic E-state index is -3.11. The first-order valence-electron chi connectivity index (χ1n) is 12.8. The van der Waals surface area contributed by atoms with Crippen molar-refractivity contribution in [1.82, 2.24) is 5.32 Å². The van der Waals surface area contributed by atoms with Crippen LogP contribution < -0.4 is 10.1 Å². The molecule has 0 fully saturated rings. The molecule has 0 saturated heterocycles. The number of alkyl halides is 2. The molecule has 3 N–H and O–H groups in total. The van der Waals surface area contributed by atoms with Crippen LogP contribution in [0.4, 0.5) is 8.78 Å². The molecule has 0 spiro atoms. The molecule has 0 radical (unpaired) electrons. The molecule has 7 heteroatoms. The third-order valence-electron chi connectivity index (χ3n) is 6.15. The number of aliphatic hydroxyl groups is 2. The normalized spacial score (nSPS) is 13.3.